The molecule has 4 fully saturated rings. The average molecular weight is 1140 g/mol. The Morgan fingerprint density at radius 2 is 0.949 bits per heavy atom. The number of nitrogens with one attached hydrogen (secondary N) is 8. The Labute approximate surface area is 478 Å². The second-order valence-corrected chi connectivity index (χ2v) is 26.7. The van der Waals surface area contributed by atoms with Crippen LogP contribution in [-0.2, 0) is 54.7 Å². The van der Waals surface area contributed by atoms with Crippen molar-refractivity contribution in [3.63, 3.8) is 0 Å². The Kier molecular flexibility index (Phi) is 17.6. The first-order valence-electron chi connectivity index (χ1n) is 27.4. The fraction of sp³-hybridized carbons (Fsp3) is 0.552. The molecule has 0 spiro atoms. The smallest absolute Gasteiger partial charge is 0.246 e. The summed E-state index contributed by atoms with van der Waals surface area (Å²) in [6.07, 6.45) is 3.41. The van der Waals surface area contributed by atoms with Crippen molar-refractivity contribution in [1.82, 2.24) is 52.3 Å². The summed E-state index contributed by atoms with van der Waals surface area (Å²) < 4.78 is 0. The molecule has 4 heterocycles. The summed E-state index contributed by atoms with van der Waals surface area (Å²) in [4.78, 5) is 91.3. The molecule has 16 nitrogen and oxygen atoms in total. The standard InChI is InChI=1S/C58H76N10O6S4/c1-31(59-7)53(75)63-41-21-23-77-43-27-57(3,4)47(67(43)55(41)73)51(71)65-45-37-15-11-9-13-35(37)25-39(45)49(69)61-29-33-17-19-34(20-18-33)30-62-50(70)40-26-36-14-10-12-16-38(36)46(40)66-52(72)48-58(5,6)28-44-68(48)56(74)42(22-24-78-44)64-54(76)32(2)60-8/h9-20,31-32,39-48,59-60H,21-30H2,1-8H3,(H,61,69)(H,62,70)(H,63,75)(H,64,76)(H,65,71)(H,66,72)/t31-,32-,39+,40+,41-,42-,43-,44-,45?,46?,47+,48+/m0/s1. The lowest BCUT2D eigenvalue weighted by atomic mass is 9.83. The first-order valence-corrected chi connectivity index (χ1v) is 30.3. The summed E-state index contributed by atoms with van der Waals surface area (Å²) in [7, 11) is 3.64. The molecule has 2 aliphatic carbocycles. The summed E-state index contributed by atoms with van der Waals surface area (Å²) in [5, 5.41) is 25.4. The summed E-state index contributed by atoms with van der Waals surface area (Å²) in [6.45, 7) is 12.5. The van der Waals surface area contributed by atoms with Crippen LogP contribution >= 0.6 is 48.0 Å². The minimum atomic E-state index is -0.749. The monoisotopic (exact) mass is 1140 g/mol. The van der Waals surface area contributed by atoms with Gasteiger partial charge in [-0.05, 0) is 122 Å². The molecule has 3 aromatic rings. The quantitative estimate of drug-likeness (QED) is 0.0896. The Morgan fingerprint density at radius 1 is 0.577 bits per heavy atom. The van der Waals surface area contributed by atoms with Crippen molar-refractivity contribution in [2.75, 3.05) is 25.6 Å². The van der Waals surface area contributed by atoms with Gasteiger partial charge in [0.25, 0.3) is 0 Å². The van der Waals surface area contributed by atoms with Crippen LogP contribution in [0, 0.1) is 22.7 Å². The van der Waals surface area contributed by atoms with Gasteiger partial charge in [0.1, 0.15) is 24.2 Å². The maximum absolute atomic E-state index is 14.7. The van der Waals surface area contributed by atoms with E-state index in [2.05, 4.69) is 42.5 Å². The third-order valence-corrected chi connectivity index (χ3v) is 20.5. The summed E-state index contributed by atoms with van der Waals surface area (Å²) in [5.41, 5.74) is 4.45. The average Bonchev–Trinajstić information content (AvgIpc) is 4.19. The number of benzene rings is 3. The maximum atomic E-state index is 14.7. The Morgan fingerprint density at radius 3 is 1.32 bits per heavy atom. The molecule has 0 radical (unpaired) electrons. The molecule has 78 heavy (non-hydrogen) atoms. The first kappa shape index (κ1) is 57.6. The van der Waals surface area contributed by atoms with Crippen LogP contribution in [0.3, 0.4) is 0 Å². The van der Waals surface area contributed by atoms with Crippen molar-refractivity contribution < 1.29 is 28.8 Å². The number of hydrogen-bond donors (Lipinski definition) is 8. The molecular weight excluding hydrogens is 1060 g/mol. The molecule has 4 saturated heterocycles. The third-order valence-electron chi connectivity index (χ3n) is 17.1. The molecule has 0 bridgehead atoms. The van der Waals surface area contributed by atoms with Crippen LogP contribution in [0.1, 0.15) is 113 Å². The van der Waals surface area contributed by atoms with Crippen LogP contribution in [0.2, 0.25) is 0 Å². The van der Waals surface area contributed by atoms with Gasteiger partial charge >= 0.3 is 0 Å². The van der Waals surface area contributed by atoms with E-state index in [-0.39, 0.29) is 71.4 Å². The van der Waals surface area contributed by atoms with Gasteiger partial charge in [-0.25, -0.2) is 0 Å². The topological polar surface area (TPSA) is 205 Å². The number of rotatable bonds is 16. The number of carbonyl (C=O) groups is 6. The molecule has 6 aliphatic rings. The number of hydrogen-bond acceptors (Lipinski definition) is 12. The molecular formula is C58H76N10O6S4. The third kappa shape index (κ3) is 11.9. The number of nitrogens with zero attached hydrogens (tertiary/aromatic N) is 2. The van der Waals surface area contributed by atoms with Gasteiger partial charge in [0.2, 0.25) is 35.4 Å². The summed E-state index contributed by atoms with van der Waals surface area (Å²) in [5.74, 6) is -0.864. The van der Waals surface area contributed by atoms with E-state index in [1.54, 1.807) is 33.3 Å². The van der Waals surface area contributed by atoms with E-state index in [1.165, 1.54) is 0 Å². The predicted molar refractivity (Wildman–Crippen MR) is 315 cm³/mol. The lowest BCUT2D eigenvalue weighted by Gasteiger charge is -2.35. The zero-order chi connectivity index (χ0) is 55.8. The van der Waals surface area contributed by atoms with E-state index in [9.17, 15) is 28.8 Å². The predicted octanol–water partition coefficient (Wildman–Crippen LogP) is 4.95. The van der Waals surface area contributed by atoms with Gasteiger partial charge in [0, 0.05) is 13.1 Å². The van der Waals surface area contributed by atoms with Crippen molar-refractivity contribution in [1.29, 1.82) is 0 Å². The van der Waals surface area contributed by atoms with Gasteiger partial charge in [-0.2, -0.15) is 0 Å². The zero-order valence-electron chi connectivity index (χ0n) is 45.9. The zero-order valence-corrected chi connectivity index (χ0v) is 49.2. The molecule has 2 unspecified atom stereocenters. The molecule has 8 N–H and O–H groups in total. The van der Waals surface area contributed by atoms with Crippen molar-refractivity contribution in [2.24, 2.45) is 22.7 Å². The largest absolute Gasteiger partial charge is 0.367 e. The van der Waals surface area contributed by atoms with Crippen LogP contribution < -0.4 is 42.5 Å². The van der Waals surface area contributed by atoms with E-state index in [0.717, 1.165) is 44.9 Å². The van der Waals surface area contributed by atoms with E-state index < -0.39 is 58.9 Å². The summed E-state index contributed by atoms with van der Waals surface area (Å²) >= 11 is 14.7. The Balaban J connectivity index is 0.823. The van der Waals surface area contributed by atoms with E-state index in [1.807, 2.05) is 128 Å². The molecule has 3 aromatic carbocycles. The van der Waals surface area contributed by atoms with Gasteiger partial charge in [-0.15, -0.1) is 23.5 Å². The highest BCUT2D eigenvalue weighted by molar-refractivity contribution is 8.00. The highest BCUT2D eigenvalue weighted by atomic mass is 32.2. The van der Waals surface area contributed by atoms with Crippen LogP contribution in [0.5, 0.6) is 0 Å². The SMILES string of the molecule is CN[C@@H](C)C(=S)N[C@H]1CCS[C@H]2CC(C)(C)[C@@H](C(=O)NC3c4ccccc4C[C@H]3C(=O)NCc3ccc(CNC(=O)[C@@H]4Cc5ccccc5C4NC(=O)[C@H]4N5C(=O)[C@@H](NC(=S)[C@H](C)NC)CCS[C@H]5CC4(C)C)cc3)N2C1=O. The number of amides is 6. The molecule has 0 aromatic heterocycles. The van der Waals surface area contributed by atoms with Gasteiger partial charge in [0.05, 0.1) is 56.7 Å². The molecule has 0 saturated carbocycles. The lowest BCUT2D eigenvalue weighted by molar-refractivity contribution is -0.143. The number of carbonyl (C=O) groups excluding carboxylic acids is 6. The normalized spacial score (nSPS) is 28.4. The van der Waals surface area contributed by atoms with Crippen LogP contribution in [0.4, 0.5) is 0 Å². The first-order chi connectivity index (χ1) is 37.2. The number of fused-ring (bicyclic) bond motifs is 4. The van der Waals surface area contributed by atoms with Crippen LogP contribution in [0.25, 0.3) is 0 Å². The molecule has 418 valence electrons. The minimum Gasteiger partial charge on any atom is -0.367 e. The molecule has 4 aliphatic heterocycles. The Hall–Kier alpha value is -5.12. The second-order valence-electron chi connectivity index (χ2n) is 23.3. The van der Waals surface area contributed by atoms with Gasteiger partial charge in [-0.1, -0.05) is 125 Å². The van der Waals surface area contributed by atoms with Gasteiger partial charge in [-0.3, -0.25) is 28.8 Å². The number of thiocarbonyl (C=S) groups is 2. The minimum absolute atomic E-state index is 0.117. The highest BCUT2D eigenvalue weighted by Crippen LogP contribution is 2.49. The molecule has 20 heteroatoms. The lowest BCUT2D eigenvalue weighted by Crippen LogP contribution is -2.58. The Bertz CT molecular complexity index is 2630. The van der Waals surface area contributed by atoms with Crippen molar-refractivity contribution in [3.8, 4) is 0 Å². The number of likely N-dealkylation sites (N-methyl/N-ethyl adjacent to an activating group) is 2. The fourth-order valence-corrected chi connectivity index (χ4v) is 16.1. The maximum Gasteiger partial charge on any atom is 0.246 e. The fourth-order valence-electron chi connectivity index (χ4n) is 12.5. The highest BCUT2D eigenvalue weighted by Gasteiger charge is 2.57. The second kappa shape index (κ2) is 23.9. The molecule has 9 rings (SSSR count). The van der Waals surface area contributed by atoms with Crippen molar-refractivity contribution in [3.05, 3.63) is 106 Å². The van der Waals surface area contributed by atoms with Crippen molar-refractivity contribution in [2.45, 2.75) is 152 Å². The van der Waals surface area contributed by atoms with Crippen LogP contribution in [0.15, 0.2) is 72.8 Å². The van der Waals surface area contributed by atoms with Crippen LogP contribution in [-0.4, -0.2) is 128 Å². The van der Waals surface area contributed by atoms with E-state index in [4.69, 9.17) is 24.4 Å². The van der Waals surface area contributed by atoms with Gasteiger partial charge < -0.3 is 52.3 Å². The van der Waals surface area contributed by atoms with Crippen molar-refractivity contribution >= 4 is 93.4 Å². The van der Waals surface area contributed by atoms with E-state index in [0.29, 0.717) is 48.5 Å². The summed E-state index contributed by atoms with van der Waals surface area (Å²) in [6, 6.07) is 19.3. The molecule has 12 atom stereocenters. The van der Waals surface area contributed by atoms with E-state index >= 15 is 0 Å². The number of thioether (sulfide) groups is 2. The van der Waals surface area contributed by atoms with Gasteiger partial charge in [0.15, 0.2) is 0 Å². The molecule has 6 amide bonds.